The maximum atomic E-state index is 12.3. The van der Waals surface area contributed by atoms with E-state index >= 15 is 0 Å². The van der Waals surface area contributed by atoms with Gasteiger partial charge in [-0.25, -0.2) is 0 Å². The first-order valence-electron chi connectivity index (χ1n) is 7.96. The molecule has 0 bridgehead atoms. The molecule has 0 spiro atoms. The van der Waals surface area contributed by atoms with Crippen molar-refractivity contribution >= 4 is 33.7 Å². The molecule has 0 aromatic heterocycles. The second-order valence-electron chi connectivity index (χ2n) is 6.02. The maximum absolute atomic E-state index is 12.3. The molecule has 2 atom stereocenters. The van der Waals surface area contributed by atoms with Gasteiger partial charge in [0, 0.05) is 11.0 Å². The third-order valence-corrected chi connectivity index (χ3v) is 4.98. The molecule has 6 heteroatoms. The minimum atomic E-state index is -0.411. The Morgan fingerprint density at radius 3 is 2.25 bits per heavy atom. The van der Waals surface area contributed by atoms with E-state index in [0.717, 1.165) is 10.0 Å². The van der Waals surface area contributed by atoms with Gasteiger partial charge in [-0.1, -0.05) is 40.2 Å². The summed E-state index contributed by atoms with van der Waals surface area (Å²) < 4.78 is 6.16. The Balaban J connectivity index is 1.48. The van der Waals surface area contributed by atoms with Gasteiger partial charge in [0.1, 0.15) is 6.61 Å². The van der Waals surface area contributed by atoms with Crippen LogP contribution in [0.3, 0.4) is 0 Å². The average Bonchev–Trinajstić information content (AvgIpc) is 2.84. The molecule has 1 aromatic carbocycles. The normalized spacial score (nSPS) is 22.6. The number of esters is 1. The highest BCUT2D eigenvalue weighted by Gasteiger charge is 2.46. The van der Waals surface area contributed by atoms with E-state index < -0.39 is 5.97 Å². The smallest absolute Gasteiger partial charge is 0.307 e. The molecule has 126 valence electrons. The van der Waals surface area contributed by atoms with Crippen LogP contribution in [0.15, 0.2) is 40.9 Å². The molecule has 1 heterocycles. The fourth-order valence-electron chi connectivity index (χ4n) is 3.11. The summed E-state index contributed by atoms with van der Waals surface area (Å²) in [6.07, 6.45) is 5.14. The first kappa shape index (κ1) is 16.9. The van der Waals surface area contributed by atoms with Crippen LogP contribution in [0.4, 0.5) is 0 Å². The van der Waals surface area contributed by atoms with Gasteiger partial charge in [-0.15, -0.1) is 0 Å². The van der Waals surface area contributed by atoms with Gasteiger partial charge in [0.2, 0.25) is 11.8 Å². The predicted molar refractivity (Wildman–Crippen MR) is 90.6 cm³/mol. The number of benzene rings is 1. The van der Waals surface area contributed by atoms with Crippen LogP contribution in [0.2, 0.25) is 0 Å². The van der Waals surface area contributed by atoms with E-state index in [-0.39, 0.29) is 43.2 Å². The predicted octanol–water partition coefficient (Wildman–Crippen LogP) is 2.83. The Morgan fingerprint density at radius 2 is 1.67 bits per heavy atom. The Hall–Kier alpha value is -1.95. The summed E-state index contributed by atoms with van der Waals surface area (Å²) in [7, 11) is 0. The fourth-order valence-corrected chi connectivity index (χ4v) is 3.37. The van der Waals surface area contributed by atoms with Crippen LogP contribution in [0, 0.1) is 11.8 Å². The summed E-state index contributed by atoms with van der Waals surface area (Å²) in [5, 5.41) is 0. The van der Waals surface area contributed by atoms with Crippen molar-refractivity contribution in [3.05, 3.63) is 46.5 Å². The average molecular weight is 392 g/mol. The molecule has 2 amide bonds. The third-order valence-electron chi connectivity index (χ3n) is 4.45. The molecule has 0 N–H and O–H groups in total. The summed E-state index contributed by atoms with van der Waals surface area (Å²) in [5.41, 5.74) is 0.886. The monoisotopic (exact) mass is 391 g/mol. The number of rotatable bonds is 5. The zero-order valence-corrected chi connectivity index (χ0v) is 14.7. The molecule has 0 unspecified atom stereocenters. The Morgan fingerprint density at radius 1 is 1.08 bits per heavy atom. The highest BCUT2D eigenvalue weighted by molar-refractivity contribution is 9.10. The minimum Gasteiger partial charge on any atom is -0.461 e. The lowest BCUT2D eigenvalue weighted by atomic mass is 9.85. The number of hydrogen-bond acceptors (Lipinski definition) is 4. The molecule has 1 fully saturated rings. The van der Waals surface area contributed by atoms with Crippen molar-refractivity contribution in [3.8, 4) is 0 Å². The number of imide groups is 1. The van der Waals surface area contributed by atoms with Gasteiger partial charge in [0.25, 0.3) is 0 Å². The summed E-state index contributed by atoms with van der Waals surface area (Å²) in [6, 6.07) is 7.48. The number of halogens is 1. The van der Waals surface area contributed by atoms with Gasteiger partial charge in [-0.3, -0.25) is 19.3 Å². The quantitative estimate of drug-likeness (QED) is 0.439. The SMILES string of the molecule is O=C(CCN1C(=O)[C@H]2CC=CC[C@@H]2C1=O)OCc1ccc(Br)cc1. The number of hydrogen-bond donors (Lipinski definition) is 0. The van der Waals surface area contributed by atoms with Crippen LogP contribution in [0.1, 0.15) is 24.8 Å². The number of amides is 2. The molecule has 24 heavy (non-hydrogen) atoms. The van der Waals surface area contributed by atoms with Gasteiger partial charge in [-0.2, -0.15) is 0 Å². The van der Waals surface area contributed by atoms with Crippen molar-refractivity contribution in [2.45, 2.75) is 25.9 Å². The Bertz CT molecular complexity index is 657. The highest BCUT2D eigenvalue weighted by Crippen LogP contribution is 2.35. The summed E-state index contributed by atoms with van der Waals surface area (Å²) in [4.78, 5) is 37.7. The van der Waals surface area contributed by atoms with E-state index in [1.54, 1.807) is 0 Å². The molecular weight excluding hydrogens is 374 g/mol. The van der Waals surface area contributed by atoms with Crippen LogP contribution in [0.25, 0.3) is 0 Å². The fraction of sp³-hybridized carbons (Fsp3) is 0.389. The highest BCUT2D eigenvalue weighted by atomic mass is 79.9. The second-order valence-corrected chi connectivity index (χ2v) is 6.94. The van der Waals surface area contributed by atoms with E-state index in [1.807, 2.05) is 36.4 Å². The zero-order chi connectivity index (χ0) is 17.1. The van der Waals surface area contributed by atoms with Crippen molar-refractivity contribution in [1.82, 2.24) is 4.90 Å². The van der Waals surface area contributed by atoms with Gasteiger partial charge >= 0.3 is 5.97 Å². The van der Waals surface area contributed by atoms with Crippen LogP contribution < -0.4 is 0 Å². The van der Waals surface area contributed by atoms with Crippen LogP contribution in [0.5, 0.6) is 0 Å². The summed E-state index contributed by atoms with van der Waals surface area (Å²) in [6.45, 7) is 0.285. The third kappa shape index (κ3) is 3.59. The maximum Gasteiger partial charge on any atom is 0.307 e. The number of carbonyl (C=O) groups excluding carboxylic acids is 3. The van der Waals surface area contributed by atoms with Gasteiger partial charge in [0.15, 0.2) is 0 Å². The van der Waals surface area contributed by atoms with E-state index in [0.29, 0.717) is 12.8 Å². The zero-order valence-electron chi connectivity index (χ0n) is 13.1. The van der Waals surface area contributed by atoms with Crippen molar-refractivity contribution in [2.75, 3.05) is 6.54 Å². The molecule has 1 aromatic rings. The minimum absolute atomic E-state index is 0.0286. The molecule has 5 nitrogen and oxygen atoms in total. The number of allylic oxidation sites excluding steroid dienone is 2. The molecule has 3 rings (SSSR count). The number of fused-ring (bicyclic) bond motifs is 1. The lowest BCUT2D eigenvalue weighted by molar-refractivity contribution is -0.146. The van der Waals surface area contributed by atoms with E-state index in [9.17, 15) is 14.4 Å². The first-order valence-corrected chi connectivity index (χ1v) is 8.76. The molecular formula is C18H18BrNO4. The number of carbonyl (C=O) groups is 3. The van der Waals surface area contributed by atoms with Gasteiger partial charge in [0.05, 0.1) is 18.3 Å². The second kappa shape index (κ2) is 7.30. The van der Waals surface area contributed by atoms with E-state index in [1.165, 1.54) is 4.90 Å². The molecule has 1 aliphatic heterocycles. The molecule has 0 saturated carbocycles. The molecule has 0 radical (unpaired) electrons. The van der Waals surface area contributed by atoms with Crippen LogP contribution in [-0.2, 0) is 25.7 Å². The van der Waals surface area contributed by atoms with E-state index in [4.69, 9.17) is 4.74 Å². The van der Waals surface area contributed by atoms with Gasteiger partial charge in [-0.05, 0) is 30.5 Å². The largest absolute Gasteiger partial charge is 0.461 e. The summed E-state index contributed by atoms with van der Waals surface area (Å²) in [5.74, 6) is -1.22. The molecule has 1 saturated heterocycles. The molecule has 1 aliphatic carbocycles. The van der Waals surface area contributed by atoms with Crippen LogP contribution in [-0.4, -0.2) is 29.2 Å². The lowest BCUT2D eigenvalue weighted by Crippen LogP contribution is -2.33. The lowest BCUT2D eigenvalue weighted by Gasteiger charge is -2.14. The topological polar surface area (TPSA) is 63.7 Å². The Labute approximate surface area is 148 Å². The van der Waals surface area contributed by atoms with Crippen LogP contribution >= 0.6 is 15.9 Å². The standard InChI is InChI=1S/C18H18BrNO4/c19-13-7-5-12(6-8-13)11-24-16(21)9-10-20-17(22)14-3-1-2-4-15(14)18(20)23/h1-2,5-8,14-15H,3-4,9-11H2/t14-,15-/m0/s1. The summed E-state index contributed by atoms with van der Waals surface area (Å²) >= 11 is 3.34. The molecule has 2 aliphatic rings. The van der Waals surface area contributed by atoms with Gasteiger partial charge < -0.3 is 4.74 Å². The number of ether oxygens (including phenoxy) is 1. The number of nitrogens with zero attached hydrogens (tertiary/aromatic N) is 1. The van der Waals surface area contributed by atoms with Crippen molar-refractivity contribution < 1.29 is 19.1 Å². The van der Waals surface area contributed by atoms with Crippen molar-refractivity contribution in [2.24, 2.45) is 11.8 Å². The van der Waals surface area contributed by atoms with Crippen molar-refractivity contribution in [1.29, 1.82) is 0 Å². The van der Waals surface area contributed by atoms with Crippen molar-refractivity contribution in [3.63, 3.8) is 0 Å². The van der Waals surface area contributed by atoms with E-state index in [2.05, 4.69) is 15.9 Å². The first-order chi connectivity index (χ1) is 11.6. The number of likely N-dealkylation sites (tertiary alicyclic amines) is 1. The Kier molecular flexibility index (Phi) is 5.14.